The summed E-state index contributed by atoms with van der Waals surface area (Å²) in [5, 5.41) is 4.34. The van der Waals surface area contributed by atoms with Crippen LogP contribution in [0.3, 0.4) is 0 Å². The lowest BCUT2D eigenvalue weighted by atomic mass is 10.1. The molecule has 1 aromatic rings. The van der Waals surface area contributed by atoms with E-state index in [9.17, 15) is 22.8 Å². The quantitative estimate of drug-likeness (QED) is 0.821. The van der Waals surface area contributed by atoms with Gasteiger partial charge in [-0.2, -0.15) is 13.2 Å². The first-order valence-electron chi connectivity index (χ1n) is 6.62. The van der Waals surface area contributed by atoms with E-state index in [1.807, 2.05) is 13.8 Å². The fourth-order valence-corrected chi connectivity index (χ4v) is 1.53. The molecule has 0 fully saturated rings. The molecular formula is C15H17F3N2O2. The number of rotatable bonds is 5. The Bertz CT molecular complexity index is 566. The van der Waals surface area contributed by atoms with Crippen LogP contribution in [-0.2, 0) is 16.1 Å². The smallest absolute Gasteiger partial charge is 0.344 e. The van der Waals surface area contributed by atoms with Gasteiger partial charge in [0.2, 0.25) is 5.91 Å². The Kier molecular flexibility index (Phi) is 6.15. The van der Waals surface area contributed by atoms with Crippen LogP contribution in [0.25, 0.3) is 0 Å². The predicted molar refractivity (Wildman–Crippen MR) is 77.0 cm³/mol. The summed E-state index contributed by atoms with van der Waals surface area (Å²) in [6.07, 6.45) is -1.88. The van der Waals surface area contributed by atoms with Crippen molar-refractivity contribution in [3.05, 3.63) is 42.0 Å². The number of carbonyl (C=O) groups excluding carboxylic acids is 2. The van der Waals surface area contributed by atoms with Gasteiger partial charge in [-0.25, -0.2) is 0 Å². The number of carbonyl (C=O) groups is 2. The summed E-state index contributed by atoms with van der Waals surface area (Å²) in [6, 6.07) is 6.32. The maximum atomic E-state index is 12.1. The molecule has 1 rings (SSSR count). The first kappa shape index (κ1) is 17.7. The van der Waals surface area contributed by atoms with Crippen LogP contribution in [0.4, 0.5) is 18.9 Å². The van der Waals surface area contributed by atoms with Crippen LogP contribution in [0.1, 0.15) is 19.4 Å². The average molecular weight is 314 g/mol. The van der Waals surface area contributed by atoms with Crippen molar-refractivity contribution in [3.8, 4) is 0 Å². The van der Waals surface area contributed by atoms with E-state index in [0.29, 0.717) is 11.3 Å². The Hall–Kier alpha value is -2.31. The standard InChI is InChI=1S/C15H17F3N2O2/c1-10(2)7-8-13(21)20-12-6-4-3-5-11(12)9-19-14(22)15(16,17)18/h3-8,10H,9H2,1-2H3,(H,19,22)(H,20,21)/b8-7+. The van der Waals surface area contributed by atoms with Crippen molar-refractivity contribution < 1.29 is 22.8 Å². The van der Waals surface area contributed by atoms with Crippen LogP contribution in [0.5, 0.6) is 0 Å². The van der Waals surface area contributed by atoms with Gasteiger partial charge in [-0.15, -0.1) is 0 Å². The van der Waals surface area contributed by atoms with Crippen molar-refractivity contribution in [2.24, 2.45) is 5.92 Å². The zero-order chi connectivity index (χ0) is 16.8. The summed E-state index contributed by atoms with van der Waals surface area (Å²) < 4.78 is 36.4. The summed E-state index contributed by atoms with van der Waals surface area (Å²) in [6.45, 7) is 3.48. The van der Waals surface area contributed by atoms with Gasteiger partial charge in [0.05, 0.1) is 0 Å². The van der Waals surface area contributed by atoms with Crippen molar-refractivity contribution in [3.63, 3.8) is 0 Å². The molecule has 0 aliphatic carbocycles. The molecule has 2 N–H and O–H groups in total. The topological polar surface area (TPSA) is 58.2 Å². The summed E-state index contributed by atoms with van der Waals surface area (Å²) in [7, 11) is 0. The van der Waals surface area contributed by atoms with Crippen LogP contribution in [0.2, 0.25) is 0 Å². The Morgan fingerprint density at radius 1 is 1.23 bits per heavy atom. The highest BCUT2D eigenvalue weighted by molar-refractivity contribution is 5.99. The zero-order valence-electron chi connectivity index (χ0n) is 12.2. The molecule has 0 aromatic heterocycles. The molecule has 0 saturated heterocycles. The molecule has 0 unspecified atom stereocenters. The van der Waals surface area contributed by atoms with Crippen molar-refractivity contribution in [2.75, 3.05) is 5.32 Å². The first-order valence-corrected chi connectivity index (χ1v) is 6.62. The third-order valence-electron chi connectivity index (χ3n) is 2.60. The SMILES string of the molecule is CC(C)/C=C/C(=O)Nc1ccccc1CNC(=O)C(F)(F)F. The number of anilines is 1. The molecule has 0 heterocycles. The van der Waals surface area contributed by atoms with Crippen LogP contribution >= 0.6 is 0 Å². The van der Waals surface area contributed by atoms with Crippen LogP contribution < -0.4 is 10.6 Å². The molecule has 0 aliphatic rings. The Balaban J connectivity index is 2.74. The highest BCUT2D eigenvalue weighted by atomic mass is 19.4. The molecule has 0 bridgehead atoms. The third-order valence-corrected chi connectivity index (χ3v) is 2.60. The molecule has 2 amide bonds. The lowest BCUT2D eigenvalue weighted by Crippen LogP contribution is -2.36. The molecule has 4 nitrogen and oxygen atoms in total. The van der Waals surface area contributed by atoms with E-state index in [1.54, 1.807) is 29.6 Å². The van der Waals surface area contributed by atoms with Gasteiger partial charge >= 0.3 is 12.1 Å². The fourth-order valence-electron chi connectivity index (χ4n) is 1.53. The van der Waals surface area contributed by atoms with Crippen molar-refractivity contribution in [2.45, 2.75) is 26.6 Å². The first-order chi connectivity index (χ1) is 10.2. The highest BCUT2D eigenvalue weighted by Gasteiger charge is 2.38. The zero-order valence-corrected chi connectivity index (χ0v) is 12.2. The Labute approximate surface area is 126 Å². The van der Waals surface area contributed by atoms with E-state index < -0.39 is 12.1 Å². The lowest BCUT2D eigenvalue weighted by molar-refractivity contribution is -0.173. The minimum atomic E-state index is -4.93. The van der Waals surface area contributed by atoms with Crippen LogP contribution in [0.15, 0.2) is 36.4 Å². The highest BCUT2D eigenvalue weighted by Crippen LogP contribution is 2.17. The van der Waals surface area contributed by atoms with E-state index in [1.165, 1.54) is 12.1 Å². The van der Waals surface area contributed by atoms with E-state index in [-0.39, 0.29) is 18.4 Å². The number of hydrogen-bond donors (Lipinski definition) is 2. The second-order valence-electron chi connectivity index (χ2n) is 4.93. The van der Waals surface area contributed by atoms with Crippen LogP contribution in [0, 0.1) is 5.92 Å². The molecule has 0 aliphatic heterocycles. The van der Waals surface area contributed by atoms with Crippen molar-refractivity contribution in [1.29, 1.82) is 0 Å². The van der Waals surface area contributed by atoms with Gasteiger partial charge in [0.1, 0.15) is 0 Å². The van der Waals surface area contributed by atoms with Crippen molar-refractivity contribution in [1.82, 2.24) is 5.32 Å². The Morgan fingerprint density at radius 3 is 2.45 bits per heavy atom. The number of benzene rings is 1. The molecule has 0 saturated carbocycles. The summed E-state index contributed by atoms with van der Waals surface area (Å²) in [5.41, 5.74) is 0.731. The second-order valence-corrected chi connectivity index (χ2v) is 4.93. The van der Waals surface area contributed by atoms with Gasteiger partial charge < -0.3 is 10.6 Å². The van der Waals surface area contributed by atoms with Gasteiger partial charge in [0.25, 0.3) is 0 Å². The van der Waals surface area contributed by atoms with Gasteiger partial charge in [-0.1, -0.05) is 38.1 Å². The molecule has 0 spiro atoms. The number of para-hydroxylation sites is 1. The summed E-state index contributed by atoms with van der Waals surface area (Å²) in [4.78, 5) is 22.5. The predicted octanol–water partition coefficient (Wildman–Crippen LogP) is 3.02. The monoisotopic (exact) mass is 314 g/mol. The Morgan fingerprint density at radius 2 is 1.86 bits per heavy atom. The van der Waals surface area contributed by atoms with E-state index in [0.717, 1.165) is 0 Å². The molecule has 1 aromatic carbocycles. The third kappa shape index (κ3) is 5.99. The van der Waals surface area contributed by atoms with E-state index in [2.05, 4.69) is 5.32 Å². The normalized spacial score (nSPS) is 11.7. The number of nitrogens with one attached hydrogen (secondary N) is 2. The van der Waals surface area contributed by atoms with Gasteiger partial charge in [0.15, 0.2) is 0 Å². The maximum Gasteiger partial charge on any atom is 0.471 e. The number of alkyl halides is 3. The second kappa shape index (κ2) is 7.63. The molecule has 7 heteroatoms. The number of amides is 2. The van der Waals surface area contributed by atoms with Crippen LogP contribution in [-0.4, -0.2) is 18.0 Å². The number of halogens is 3. The van der Waals surface area contributed by atoms with E-state index >= 15 is 0 Å². The molecular weight excluding hydrogens is 297 g/mol. The molecule has 22 heavy (non-hydrogen) atoms. The molecule has 0 radical (unpaired) electrons. The maximum absolute atomic E-state index is 12.1. The number of allylic oxidation sites excluding steroid dienone is 1. The molecule has 0 atom stereocenters. The average Bonchev–Trinajstić information content (AvgIpc) is 2.42. The minimum Gasteiger partial charge on any atom is -0.344 e. The van der Waals surface area contributed by atoms with Crippen molar-refractivity contribution >= 4 is 17.5 Å². The van der Waals surface area contributed by atoms with Gasteiger partial charge in [-0.3, -0.25) is 9.59 Å². The summed E-state index contributed by atoms with van der Waals surface area (Å²) >= 11 is 0. The summed E-state index contributed by atoms with van der Waals surface area (Å²) in [5.74, 6) is -2.20. The lowest BCUT2D eigenvalue weighted by Gasteiger charge is -2.12. The largest absolute Gasteiger partial charge is 0.471 e. The minimum absolute atomic E-state index is 0.201. The fraction of sp³-hybridized carbons (Fsp3) is 0.333. The number of hydrogen-bond acceptors (Lipinski definition) is 2. The molecule has 120 valence electrons. The van der Waals surface area contributed by atoms with E-state index in [4.69, 9.17) is 0 Å². The van der Waals surface area contributed by atoms with Gasteiger partial charge in [-0.05, 0) is 23.6 Å². The van der Waals surface area contributed by atoms with Gasteiger partial charge in [0, 0.05) is 12.2 Å².